The number of sulfonamides is 1. The summed E-state index contributed by atoms with van der Waals surface area (Å²) in [7, 11) is -3.91. The maximum absolute atomic E-state index is 14.8. The molecule has 8 rings (SSSR count). The molecule has 3 N–H and O–H groups in total. The topological polar surface area (TPSA) is 208 Å². The first-order chi connectivity index (χ1) is 28.6. The molecule has 5 aromatic rings. The van der Waals surface area contributed by atoms with E-state index in [0.29, 0.717) is 52.3 Å². The van der Waals surface area contributed by atoms with Crippen molar-refractivity contribution in [2.75, 3.05) is 11.9 Å². The molecule has 1 saturated heterocycles. The molecule has 0 spiro atoms. The van der Waals surface area contributed by atoms with Crippen LogP contribution in [-0.4, -0.2) is 92.6 Å². The standard InChI is InChI=1S/C43H48N8O8S/c1-7-26-19-43(26,41(54)50-60(55,56)30-16-17-30)49-38(52)32-18-29(22-51(32)40(53)36(42(4,5)6)46-27-20-44-23-45-21-27)58-39-35-34(31-10-8-9-11-33(31)59-35)47-37(48-39)25-12-14-28(15-13-25)57-24(2)3/h7-15,20-21,23-24,26,29-30,32,36,46H,1,16-19,22H2,2-6H3,(H,49,52)(H,50,54)/t26-,29-,32+,36-,43-/m1/s1. The summed E-state index contributed by atoms with van der Waals surface area (Å²) in [5.41, 5.74) is 0.353. The molecule has 314 valence electrons. The molecule has 17 heteroatoms. The van der Waals surface area contributed by atoms with E-state index in [1.54, 1.807) is 12.4 Å². The minimum Gasteiger partial charge on any atom is -0.491 e. The third-order valence-corrected chi connectivity index (χ3v) is 12.9. The Bertz CT molecular complexity index is 2570. The van der Waals surface area contributed by atoms with Crippen molar-refractivity contribution in [2.24, 2.45) is 11.3 Å². The van der Waals surface area contributed by atoms with Crippen LogP contribution in [-0.2, 0) is 24.4 Å². The first kappa shape index (κ1) is 40.7. The summed E-state index contributed by atoms with van der Waals surface area (Å²) < 4.78 is 46.7. The number of para-hydroxylation sites is 1. The van der Waals surface area contributed by atoms with E-state index in [2.05, 4.69) is 31.9 Å². The second-order valence-corrected chi connectivity index (χ2v) is 19.0. The number of fused-ring (bicyclic) bond motifs is 3. The van der Waals surface area contributed by atoms with Crippen molar-refractivity contribution in [1.82, 2.24) is 34.9 Å². The van der Waals surface area contributed by atoms with Crippen LogP contribution in [0.4, 0.5) is 5.69 Å². The number of rotatable bonds is 14. The van der Waals surface area contributed by atoms with Crippen molar-refractivity contribution in [1.29, 1.82) is 0 Å². The number of nitrogens with zero attached hydrogens (tertiary/aromatic N) is 5. The van der Waals surface area contributed by atoms with E-state index in [-0.39, 0.29) is 31.4 Å². The van der Waals surface area contributed by atoms with Crippen LogP contribution < -0.4 is 24.8 Å². The summed E-state index contributed by atoms with van der Waals surface area (Å²) >= 11 is 0. The predicted molar refractivity (Wildman–Crippen MR) is 223 cm³/mol. The van der Waals surface area contributed by atoms with E-state index >= 15 is 0 Å². The highest BCUT2D eigenvalue weighted by atomic mass is 32.2. The first-order valence-corrected chi connectivity index (χ1v) is 21.6. The zero-order valence-electron chi connectivity index (χ0n) is 34.0. The van der Waals surface area contributed by atoms with Crippen LogP contribution >= 0.6 is 0 Å². The van der Waals surface area contributed by atoms with E-state index in [9.17, 15) is 22.8 Å². The van der Waals surface area contributed by atoms with E-state index < -0.39 is 68.1 Å². The Labute approximate surface area is 347 Å². The number of hydrogen-bond acceptors (Lipinski definition) is 13. The van der Waals surface area contributed by atoms with Crippen molar-refractivity contribution >= 4 is 55.5 Å². The van der Waals surface area contributed by atoms with Gasteiger partial charge in [0, 0.05) is 23.3 Å². The summed E-state index contributed by atoms with van der Waals surface area (Å²) in [6.07, 6.45) is 6.27. The zero-order valence-corrected chi connectivity index (χ0v) is 34.9. The number of carbonyl (C=O) groups is 3. The van der Waals surface area contributed by atoms with E-state index in [1.807, 2.05) is 83.1 Å². The maximum atomic E-state index is 14.8. The summed E-state index contributed by atoms with van der Waals surface area (Å²) in [6.45, 7) is 13.4. The van der Waals surface area contributed by atoms with Gasteiger partial charge in [0.05, 0.1) is 36.0 Å². The van der Waals surface area contributed by atoms with Gasteiger partial charge in [-0.25, -0.2) is 23.4 Å². The van der Waals surface area contributed by atoms with Gasteiger partial charge >= 0.3 is 0 Å². The van der Waals surface area contributed by atoms with Crippen LogP contribution in [0.15, 0.2) is 84.3 Å². The van der Waals surface area contributed by atoms with Crippen molar-refractivity contribution in [3.63, 3.8) is 0 Å². The molecule has 0 radical (unpaired) electrons. The predicted octanol–water partition coefficient (Wildman–Crippen LogP) is 5.16. The molecule has 0 unspecified atom stereocenters. The minimum absolute atomic E-state index is 0.00199. The van der Waals surface area contributed by atoms with Gasteiger partial charge in [-0.2, -0.15) is 4.98 Å². The number of carbonyl (C=O) groups excluding carboxylic acids is 3. The molecule has 60 heavy (non-hydrogen) atoms. The van der Waals surface area contributed by atoms with Gasteiger partial charge in [0.25, 0.3) is 11.8 Å². The largest absolute Gasteiger partial charge is 0.491 e. The Hall–Kier alpha value is -6.10. The molecular formula is C43H48N8O8S. The molecule has 5 atom stereocenters. The molecule has 3 fully saturated rings. The molecule has 2 aromatic carbocycles. The van der Waals surface area contributed by atoms with Crippen LogP contribution in [0.1, 0.15) is 60.3 Å². The van der Waals surface area contributed by atoms with E-state index in [4.69, 9.17) is 23.9 Å². The van der Waals surface area contributed by atoms with Gasteiger partial charge in [0.2, 0.25) is 27.4 Å². The van der Waals surface area contributed by atoms with Crippen molar-refractivity contribution in [3.05, 3.63) is 79.9 Å². The number of anilines is 1. The van der Waals surface area contributed by atoms with Gasteiger partial charge in [-0.1, -0.05) is 39.0 Å². The number of aromatic nitrogens is 4. The lowest BCUT2D eigenvalue weighted by molar-refractivity contribution is -0.141. The van der Waals surface area contributed by atoms with Crippen LogP contribution in [0.25, 0.3) is 33.5 Å². The van der Waals surface area contributed by atoms with Crippen LogP contribution in [0.2, 0.25) is 0 Å². The number of hydrogen-bond donors (Lipinski definition) is 3. The number of nitrogens with one attached hydrogen (secondary N) is 3. The quantitative estimate of drug-likeness (QED) is 0.124. The van der Waals surface area contributed by atoms with Gasteiger partial charge in [-0.3, -0.25) is 19.1 Å². The minimum atomic E-state index is -3.91. The molecule has 16 nitrogen and oxygen atoms in total. The Balaban J connectivity index is 1.14. The number of amides is 3. The third kappa shape index (κ3) is 8.09. The van der Waals surface area contributed by atoms with Crippen molar-refractivity contribution < 1.29 is 36.7 Å². The highest BCUT2D eigenvalue weighted by Gasteiger charge is 2.62. The van der Waals surface area contributed by atoms with E-state index in [0.717, 1.165) is 5.39 Å². The molecule has 0 bridgehead atoms. The Morgan fingerprint density at radius 1 is 1.03 bits per heavy atom. The Kier molecular flexibility index (Phi) is 10.5. The number of benzene rings is 2. The lowest BCUT2D eigenvalue weighted by Crippen LogP contribution is -2.58. The second kappa shape index (κ2) is 15.5. The lowest BCUT2D eigenvalue weighted by atomic mass is 9.85. The first-order valence-electron chi connectivity index (χ1n) is 20.0. The summed E-state index contributed by atoms with van der Waals surface area (Å²) in [4.78, 5) is 62.4. The molecular weight excluding hydrogens is 789 g/mol. The second-order valence-electron chi connectivity index (χ2n) is 17.1. The molecule has 2 saturated carbocycles. The molecule has 3 aromatic heterocycles. The molecule has 2 aliphatic carbocycles. The highest BCUT2D eigenvalue weighted by molar-refractivity contribution is 7.91. The fourth-order valence-electron chi connectivity index (χ4n) is 7.64. The summed E-state index contributed by atoms with van der Waals surface area (Å²) in [5, 5.41) is 6.21. The highest BCUT2D eigenvalue weighted by Crippen LogP contribution is 2.46. The molecule has 3 aliphatic rings. The van der Waals surface area contributed by atoms with Gasteiger partial charge in [-0.15, -0.1) is 6.58 Å². The SMILES string of the molecule is C=C[C@@H]1C[C@]1(NC(=O)[C@@H]1C[C@@H](Oc2nc(-c3ccc(OC(C)C)cc3)nc3c2oc2ccccc23)CN1C(=O)[C@@H](Nc1cncnc1)C(C)(C)C)C(=O)NS(=O)(=O)C1CC1. The van der Waals surface area contributed by atoms with E-state index in [1.165, 1.54) is 17.3 Å². The zero-order chi connectivity index (χ0) is 42.6. The fourth-order valence-corrected chi connectivity index (χ4v) is 9.00. The molecule has 4 heterocycles. The van der Waals surface area contributed by atoms with Crippen LogP contribution in [0.5, 0.6) is 11.6 Å². The average molecular weight is 837 g/mol. The number of ether oxygens (including phenoxy) is 2. The van der Waals surface area contributed by atoms with Crippen molar-refractivity contribution in [3.8, 4) is 23.0 Å². The maximum Gasteiger partial charge on any atom is 0.262 e. The summed E-state index contributed by atoms with van der Waals surface area (Å²) in [6, 6.07) is 12.8. The molecule has 3 amide bonds. The van der Waals surface area contributed by atoms with Gasteiger partial charge < -0.3 is 29.4 Å². The number of furan rings is 1. The smallest absolute Gasteiger partial charge is 0.262 e. The normalized spacial score (nSPS) is 22.0. The van der Waals surface area contributed by atoms with Gasteiger partial charge in [0.15, 0.2) is 5.82 Å². The fraction of sp³-hybridized carbons (Fsp3) is 0.419. The number of likely N-dealkylation sites (tertiary alicyclic amines) is 1. The average Bonchev–Trinajstić information content (AvgIpc) is 4.12. The van der Waals surface area contributed by atoms with Crippen LogP contribution in [0, 0.1) is 11.3 Å². The molecule has 1 aliphatic heterocycles. The van der Waals surface area contributed by atoms with Gasteiger partial charge in [-0.05, 0) is 74.9 Å². The third-order valence-electron chi connectivity index (χ3n) is 11.0. The van der Waals surface area contributed by atoms with Crippen LogP contribution in [0.3, 0.4) is 0 Å². The summed E-state index contributed by atoms with van der Waals surface area (Å²) in [5.74, 6) is -1.24. The van der Waals surface area contributed by atoms with Crippen molar-refractivity contribution in [2.45, 2.75) is 95.4 Å². The lowest BCUT2D eigenvalue weighted by Gasteiger charge is -2.36. The Morgan fingerprint density at radius 2 is 1.75 bits per heavy atom. The Morgan fingerprint density at radius 3 is 2.40 bits per heavy atom. The monoisotopic (exact) mass is 836 g/mol. The van der Waals surface area contributed by atoms with Gasteiger partial charge in [0.1, 0.15) is 46.9 Å².